The van der Waals surface area contributed by atoms with Crippen molar-refractivity contribution < 1.29 is 22.4 Å². The molecule has 0 atom stereocenters. The monoisotopic (exact) mass is 468 g/mol. The van der Waals surface area contributed by atoms with Crippen molar-refractivity contribution in [2.24, 2.45) is 7.05 Å². The molecule has 1 amide bonds. The van der Waals surface area contributed by atoms with Crippen LogP contribution in [0, 0.1) is 6.92 Å². The van der Waals surface area contributed by atoms with Gasteiger partial charge in [0.2, 0.25) is 5.76 Å². The Morgan fingerprint density at radius 2 is 2.00 bits per heavy atom. The molecule has 0 bridgehead atoms. The summed E-state index contributed by atoms with van der Waals surface area (Å²) in [6.07, 6.45) is 0.142. The van der Waals surface area contributed by atoms with Crippen molar-refractivity contribution in [3.8, 4) is 0 Å². The number of fused-ring (bicyclic) bond motifs is 3. The van der Waals surface area contributed by atoms with Crippen LogP contribution in [0.15, 0.2) is 53.3 Å². The minimum absolute atomic E-state index is 0.0405. The highest BCUT2D eigenvalue weighted by Gasteiger charge is 2.42. The van der Waals surface area contributed by atoms with Gasteiger partial charge < -0.3 is 9.73 Å². The first kappa shape index (κ1) is 21.7. The average molecular weight is 468 g/mol. The van der Waals surface area contributed by atoms with E-state index in [1.54, 1.807) is 50.8 Å². The van der Waals surface area contributed by atoms with E-state index in [0.717, 1.165) is 0 Å². The van der Waals surface area contributed by atoms with Gasteiger partial charge in [-0.05, 0) is 36.8 Å². The predicted molar refractivity (Wildman–Crippen MR) is 117 cm³/mol. The number of pyridine rings is 1. The van der Waals surface area contributed by atoms with Gasteiger partial charge in [0.1, 0.15) is 16.7 Å². The number of carbonyl (C=O) groups is 1. The maximum absolute atomic E-state index is 14.2. The van der Waals surface area contributed by atoms with Gasteiger partial charge in [0.05, 0.1) is 29.9 Å². The number of carbonyl (C=O) groups excluding carboxylic acids is 1. The first-order valence-corrected chi connectivity index (χ1v) is 10.4. The van der Waals surface area contributed by atoms with Gasteiger partial charge in [-0.2, -0.15) is 23.4 Å². The number of benzene rings is 1. The standard InChI is InChI=1S/C23H19F3N6O2/c1-13-9-17-18(20-16(13)12-32(30-20)11-15-5-3-4-7-27-15)19(23(24,25)26)21(34-17)22(33)28-10-14-6-8-31(2)29-14/h3-9,12H,10-11H2,1-2H3,(H,28,33). The fourth-order valence-corrected chi connectivity index (χ4v) is 3.93. The Morgan fingerprint density at radius 1 is 1.18 bits per heavy atom. The first-order chi connectivity index (χ1) is 16.2. The SMILES string of the molecule is Cc1cc2oc(C(=O)NCc3ccn(C)n3)c(C(F)(F)F)c2c2nn(Cc3ccccn3)cc12. The molecule has 0 unspecified atom stereocenters. The van der Waals surface area contributed by atoms with Gasteiger partial charge in [-0.25, -0.2) is 0 Å². The lowest BCUT2D eigenvalue weighted by Gasteiger charge is -2.08. The zero-order chi connectivity index (χ0) is 24.0. The second-order valence-electron chi connectivity index (χ2n) is 7.94. The smallest absolute Gasteiger partial charge is 0.421 e. The van der Waals surface area contributed by atoms with Crippen LogP contribution < -0.4 is 5.32 Å². The Labute approximate surface area is 191 Å². The van der Waals surface area contributed by atoms with Crippen molar-refractivity contribution in [1.82, 2.24) is 29.9 Å². The third-order valence-electron chi connectivity index (χ3n) is 5.45. The van der Waals surface area contributed by atoms with Crippen LogP contribution in [0.2, 0.25) is 0 Å². The summed E-state index contributed by atoms with van der Waals surface area (Å²) in [5.41, 5.74) is 0.815. The van der Waals surface area contributed by atoms with Crippen LogP contribution in [0.1, 0.15) is 33.1 Å². The Balaban J connectivity index is 1.61. The number of aryl methyl sites for hydroxylation is 2. The largest absolute Gasteiger partial charge is 0.450 e. The van der Waals surface area contributed by atoms with Crippen molar-refractivity contribution in [2.45, 2.75) is 26.2 Å². The third kappa shape index (κ3) is 3.89. The highest BCUT2D eigenvalue weighted by molar-refractivity contribution is 6.10. The molecule has 5 rings (SSSR count). The third-order valence-corrected chi connectivity index (χ3v) is 5.45. The molecule has 0 fully saturated rings. The molecule has 0 spiro atoms. The molecule has 4 aromatic heterocycles. The molecule has 0 radical (unpaired) electrons. The number of nitrogens with zero attached hydrogens (tertiary/aromatic N) is 5. The number of amides is 1. The van der Waals surface area contributed by atoms with Gasteiger partial charge in [-0.3, -0.25) is 19.1 Å². The highest BCUT2D eigenvalue weighted by Crippen LogP contribution is 2.42. The summed E-state index contributed by atoms with van der Waals surface area (Å²) in [4.78, 5) is 17.0. The highest BCUT2D eigenvalue weighted by atomic mass is 19.4. The average Bonchev–Trinajstić information content (AvgIpc) is 3.49. The second kappa shape index (κ2) is 8.01. The van der Waals surface area contributed by atoms with Crippen molar-refractivity contribution >= 4 is 27.8 Å². The summed E-state index contributed by atoms with van der Waals surface area (Å²) in [5, 5.41) is 11.3. The van der Waals surface area contributed by atoms with Crippen LogP contribution in [-0.2, 0) is 26.3 Å². The van der Waals surface area contributed by atoms with Crippen LogP contribution in [0.25, 0.3) is 21.9 Å². The molecule has 11 heteroatoms. The molecule has 34 heavy (non-hydrogen) atoms. The van der Waals surface area contributed by atoms with Gasteiger partial charge >= 0.3 is 6.18 Å². The van der Waals surface area contributed by atoms with Gasteiger partial charge in [-0.1, -0.05) is 6.07 Å². The van der Waals surface area contributed by atoms with Crippen LogP contribution >= 0.6 is 0 Å². The zero-order valence-electron chi connectivity index (χ0n) is 18.2. The summed E-state index contributed by atoms with van der Waals surface area (Å²) >= 11 is 0. The van der Waals surface area contributed by atoms with E-state index >= 15 is 0 Å². The number of halogens is 3. The fourth-order valence-electron chi connectivity index (χ4n) is 3.93. The van der Waals surface area contributed by atoms with Crippen molar-refractivity contribution in [3.05, 3.63) is 77.2 Å². The van der Waals surface area contributed by atoms with Crippen LogP contribution in [0.4, 0.5) is 13.2 Å². The fraction of sp³-hybridized carbons (Fsp3) is 0.217. The summed E-state index contributed by atoms with van der Waals surface area (Å²) in [6, 6.07) is 8.55. The summed E-state index contributed by atoms with van der Waals surface area (Å²) in [7, 11) is 1.70. The van der Waals surface area contributed by atoms with E-state index in [2.05, 4.69) is 20.5 Å². The van der Waals surface area contributed by atoms with Gasteiger partial charge in [-0.15, -0.1) is 0 Å². The molecule has 5 aromatic rings. The Bertz CT molecular complexity index is 1510. The van der Waals surface area contributed by atoms with Gasteiger partial charge in [0, 0.05) is 31.0 Å². The molecule has 0 aliphatic heterocycles. The lowest BCUT2D eigenvalue weighted by molar-refractivity contribution is -0.137. The molecule has 0 saturated heterocycles. The van der Waals surface area contributed by atoms with Crippen LogP contribution in [0.5, 0.6) is 0 Å². The van der Waals surface area contributed by atoms with E-state index in [4.69, 9.17) is 4.42 Å². The Kier molecular flexibility index (Phi) is 5.11. The summed E-state index contributed by atoms with van der Waals surface area (Å²) in [6.45, 7) is 2.00. The normalized spacial score (nSPS) is 12.0. The van der Waals surface area contributed by atoms with E-state index in [-0.39, 0.29) is 29.6 Å². The molecular weight excluding hydrogens is 449 g/mol. The topological polar surface area (TPSA) is 90.8 Å². The molecule has 0 saturated carbocycles. The number of furan rings is 1. The molecule has 174 valence electrons. The second-order valence-corrected chi connectivity index (χ2v) is 7.94. The number of hydrogen-bond donors (Lipinski definition) is 1. The van der Waals surface area contributed by atoms with Crippen LogP contribution in [-0.4, -0.2) is 30.5 Å². The molecule has 0 aliphatic carbocycles. The van der Waals surface area contributed by atoms with Crippen LogP contribution in [0.3, 0.4) is 0 Å². The predicted octanol–water partition coefficient (Wildman–Crippen LogP) is 4.22. The minimum Gasteiger partial charge on any atom is -0.450 e. The number of alkyl halides is 3. The Morgan fingerprint density at radius 3 is 2.68 bits per heavy atom. The lowest BCUT2D eigenvalue weighted by Crippen LogP contribution is -2.25. The quantitative estimate of drug-likeness (QED) is 0.417. The molecule has 8 nitrogen and oxygen atoms in total. The molecule has 1 aromatic carbocycles. The van der Waals surface area contributed by atoms with Crippen molar-refractivity contribution in [3.63, 3.8) is 0 Å². The van der Waals surface area contributed by atoms with Gasteiger partial charge in [0.25, 0.3) is 5.91 Å². The summed E-state index contributed by atoms with van der Waals surface area (Å²) < 4.78 is 51.2. The van der Waals surface area contributed by atoms with E-state index in [9.17, 15) is 18.0 Å². The lowest BCUT2D eigenvalue weighted by atomic mass is 10.0. The van der Waals surface area contributed by atoms with Crippen molar-refractivity contribution in [1.29, 1.82) is 0 Å². The molecule has 0 aliphatic rings. The van der Waals surface area contributed by atoms with E-state index < -0.39 is 23.4 Å². The van der Waals surface area contributed by atoms with Gasteiger partial charge in [0.15, 0.2) is 0 Å². The number of nitrogens with one attached hydrogen (secondary N) is 1. The first-order valence-electron chi connectivity index (χ1n) is 10.4. The maximum Gasteiger partial charge on any atom is 0.421 e. The minimum atomic E-state index is -4.84. The van der Waals surface area contributed by atoms with E-state index in [1.807, 2.05) is 6.07 Å². The summed E-state index contributed by atoms with van der Waals surface area (Å²) in [5.74, 6) is -1.78. The number of rotatable bonds is 5. The molecule has 4 heterocycles. The molecular formula is C23H19F3N6O2. The zero-order valence-corrected chi connectivity index (χ0v) is 18.2. The Hall–Kier alpha value is -4.15. The van der Waals surface area contributed by atoms with E-state index in [0.29, 0.717) is 22.3 Å². The van der Waals surface area contributed by atoms with Crippen molar-refractivity contribution in [2.75, 3.05) is 0 Å². The molecule has 1 N–H and O–H groups in total. The number of hydrogen-bond acceptors (Lipinski definition) is 5. The van der Waals surface area contributed by atoms with E-state index in [1.165, 1.54) is 15.4 Å². The maximum atomic E-state index is 14.2. The number of aromatic nitrogens is 5.